The number of carbonyl (C=O) groups excluding carboxylic acids is 1. The molecule has 2 rings (SSSR count). The van der Waals surface area contributed by atoms with Crippen LogP contribution in [0.4, 0.5) is 11.5 Å². The molecule has 2 aromatic rings. The van der Waals surface area contributed by atoms with E-state index in [0.717, 1.165) is 11.4 Å². The normalized spacial score (nSPS) is 10.9. The van der Waals surface area contributed by atoms with E-state index in [1.807, 2.05) is 45.0 Å². The first-order chi connectivity index (χ1) is 10.4. The molecule has 0 saturated carbocycles. The second-order valence-electron chi connectivity index (χ2n) is 5.85. The van der Waals surface area contributed by atoms with E-state index in [1.54, 1.807) is 7.11 Å². The van der Waals surface area contributed by atoms with E-state index in [2.05, 4.69) is 20.6 Å². The van der Waals surface area contributed by atoms with Gasteiger partial charge in [-0.3, -0.25) is 4.79 Å². The smallest absolute Gasteiger partial charge is 0.271 e. The van der Waals surface area contributed by atoms with Crippen molar-refractivity contribution in [3.05, 3.63) is 42.4 Å². The van der Waals surface area contributed by atoms with Gasteiger partial charge in [-0.25, -0.2) is 9.97 Å². The zero-order valence-corrected chi connectivity index (χ0v) is 13.2. The number of anilines is 2. The predicted octanol–water partition coefficient (Wildman–Crippen LogP) is 2.76. The van der Waals surface area contributed by atoms with Gasteiger partial charge in [-0.2, -0.15) is 0 Å². The van der Waals surface area contributed by atoms with Crippen LogP contribution in [0, 0.1) is 0 Å². The molecule has 0 bridgehead atoms. The maximum absolute atomic E-state index is 12.0. The van der Waals surface area contributed by atoms with Crippen LogP contribution in [0.2, 0.25) is 0 Å². The quantitative estimate of drug-likeness (QED) is 0.908. The topological polar surface area (TPSA) is 76.1 Å². The summed E-state index contributed by atoms with van der Waals surface area (Å²) in [5, 5.41) is 5.95. The Morgan fingerprint density at radius 3 is 2.55 bits per heavy atom. The van der Waals surface area contributed by atoms with E-state index in [1.165, 1.54) is 12.4 Å². The first kappa shape index (κ1) is 15.8. The summed E-state index contributed by atoms with van der Waals surface area (Å²) in [5.74, 6) is 1.06. The molecule has 1 aromatic heterocycles. The van der Waals surface area contributed by atoms with Crippen molar-refractivity contribution in [3.8, 4) is 5.75 Å². The molecular formula is C16H20N4O2. The minimum Gasteiger partial charge on any atom is -0.497 e. The van der Waals surface area contributed by atoms with Gasteiger partial charge in [0.25, 0.3) is 5.91 Å². The lowest BCUT2D eigenvalue weighted by molar-refractivity contribution is 0.0914. The molecule has 0 saturated heterocycles. The van der Waals surface area contributed by atoms with E-state index in [9.17, 15) is 4.79 Å². The molecule has 0 radical (unpaired) electrons. The molecule has 6 heteroatoms. The van der Waals surface area contributed by atoms with Crippen molar-refractivity contribution in [1.29, 1.82) is 0 Å². The molecule has 0 unspecified atom stereocenters. The third kappa shape index (κ3) is 4.44. The number of amides is 1. The molecule has 2 N–H and O–H groups in total. The Morgan fingerprint density at radius 1 is 1.18 bits per heavy atom. The number of aromatic nitrogens is 2. The Balaban J connectivity index is 2.07. The Morgan fingerprint density at radius 2 is 1.95 bits per heavy atom. The number of carbonyl (C=O) groups is 1. The fourth-order valence-corrected chi connectivity index (χ4v) is 1.76. The molecule has 0 spiro atoms. The van der Waals surface area contributed by atoms with E-state index in [0.29, 0.717) is 5.82 Å². The number of nitrogens with zero attached hydrogens (tertiary/aromatic N) is 2. The number of ether oxygens (including phenoxy) is 1. The lowest BCUT2D eigenvalue weighted by Crippen LogP contribution is -2.40. The van der Waals surface area contributed by atoms with Crippen LogP contribution in [0.1, 0.15) is 31.3 Å². The van der Waals surface area contributed by atoms with Crippen molar-refractivity contribution >= 4 is 17.4 Å². The summed E-state index contributed by atoms with van der Waals surface area (Å²) < 4.78 is 5.16. The Kier molecular flexibility index (Phi) is 4.60. The molecule has 0 aliphatic carbocycles. The predicted molar refractivity (Wildman–Crippen MR) is 85.5 cm³/mol. The van der Waals surface area contributed by atoms with E-state index in [4.69, 9.17) is 4.74 Å². The van der Waals surface area contributed by atoms with Crippen molar-refractivity contribution in [2.45, 2.75) is 26.3 Å². The monoisotopic (exact) mass is 300 g/mol. The summed E-state index contributed by atoms with van der Waals surface area (Å²) in [6.07, 6.45) is 2.97. The Hall–Kier alpha value is -2.63. The van der Waals surface area contributed by atoms with Crippen molar-refractivity contribution in [2.24, 2.45) is 0 Å². The van der Waals surface area contributed by atoms with Crippen molar-refractivity contribution in [1.82, 2.24) is 15.3 Å². The summed E-state index contributed by atoms with van der Waals surface area (Å²) in [7, 11) is 1.61. The van der Waals surface area contributed by atoms with Gasteiger partial charge in [-0.1, -0.05) is 6.07 Å². The number of rotatable bonds is 4. The second-order valence-corrected chi connectivity index (χ2v) is 5.85. The van der Waals surface area contributed by atoms with Gasteiger partial charge in [0.15, 0.2) is 0 Å². The van der Waals surface area contributed by atoms with E-state index in [-0.39, 0.29) is 17.1 Å². The fraction of sp³-hybridized carbons (Fsp3) is 0.312. The van der Waals surface area contributed by atoms with Crippen LogP contribution in [0.25, 0.3) is 0 Å². The molecule has 6 nitrogen and oxygen atoms in total. The van der Waals surface area contributed by atoms with Crippen LogP contribution in [-0.2, 0) is 0 Å². The molecule has 0 atom stereocenters. The van der Waals surface area contributed by atoms with Crippen LogP contribution in [-0.4, -0.2) is 28.5 Å². The zero-order chi connectivity index (χ0) is 16.2. The summed E-state index contributed by atoms with van der Waals surface area (Å²) in [6, 6.07) is 7.48. The highest BCUT2D eigenvalue weighted by Crippen LogP contribution is 2.19. The minimum absolute atomic E-state index is 0.243. The molecule has 1 heterocycles. The van der Waals surface area contributed by atoms with Crippen molar-refractivity contribution < 1.29 is 9.53 Å². The number of hydrogen-bond donors (Lipinski definition) is 2. The van der Waals surface area contributed by atoms with Crippen molar-refractivity contribution in [3.63, 3.8) is 0 Å². The highest BCUT2D eigenvalue weighted by molar-refractivity contribution is 5.92. The summed E-state index contributed by atoms with van der Waals surface area (Å²) in [5.41, 5.74) is 0.808. The van der Waals surface area contributed by atoms with Gasteiger partial charge in [0, 0.05) is 17.3 Å². The third-order valence-electron chi connectivity index (χ3n) is 2.72. The summed E-state index contributed by atoms with van der Waals surface area (Å²) in [4.78, 5) is 20.3. The van der Waals surface area contributed by atoms with Crippen LogP contribution in [0.5, 0.6) is 5.75 Å². The highest BCUT2D eigenvalue weighted by atomic mass is 16.5. The van der Waals surface area contributed by atoms with Gasteiger partial charge < -0.3 is 15.4 Å². The number of hydrogen-bond acceptors (Lipinski definition) is 5. The van der Waals surface area contributed by atoms with Gasteiger partial charge in [-0.05, 0) is 32.9 Å². The Labute approximate surface area is 129 Å². The summed E-state index contributed by atoms with van der Waals surface area (Å²) >= 11 is 0. The van der Waals surface area contributed by atoms with Crippen LogP contribution >= 0.6 is 0 Å². The average Bonchev–Trinajstić information content (AvgIpc) is 2.46. The molecular weight excluding hydrogens is 280 g/mol. The van der Waals surface area contributed by atoms with Crippen LogP contribution in [0.15, 0.2) is 36.7 Å². The average molecular weight is 300 g/mol. The summed E-state index contributed by atoms with van der Waals surface area (Å²) in [6.45, 7) is 5.74. The van der Waals surface area contributed by atoms with Crippen LogP contribution < -0.4 is 15.4 Å². The molecule has 1 aromatic carbocycles. The van der Waals surface area contributed by atoms with Gasteiger partial charge >= 0.3 is 0 Å². The molecule has 116 valence electrons. The third-order valence-corrected chi connectivity index (χ3v) is 2.72. The molecule has 0 fully saturated rings. The van der Waals surface area contributed by atoms with Gasteiger partial charge in [0.2, 0.25) is 0 Å². The molecule has 0 aliphatic rings. The maximum atomic E-state index is 12.0. The van der Waals surface area contributed by atoms with Gasteiger partial charge in [-0.15, -0.1) is 0 Å². The second kappa shape index (κ2) is 6.43. The van der Waals surface area contributed by atoms with Crippen LogP contribution in [0.3, 0.4) is 0 Å². The zero-order valence-electron chi connectivity index (χ0n) is 13.2. The van der Waals surface area contributed by atoms with Crippen molar-refractivity contribution in [2.75, 3.05) is 12.4 Å². The largest absolute Gasteiger partial charge is 0.497 e. The van der Waals surface area contributed by atoms with E-state index < -0.39 is 0 Å². The maximum Gasteiger partial charge on any atom is 0.271 e. The standard InChI is InChI=1S/C16H20N4O2/c1-16(2,3)20-15(21)13-9-18-14(10-17-13)19-11-6-5-7-12(8-11)22-4/h5-10H,1-4H3,(H,18,19)(H,20,21). The Bertz CT molecular complexity index is 648. The van der Waals surface area contributed by atoms with E-state index >= 15 is 0 Å². The number of benzene rings is 1. The number of nitrogens with one attached hydrogen (secondary N) is 2. The lowest BCUT2D eigenvalue weighted by atomic mass is 10.1. The minimum atomic E-state index is -0.309. The van der Waals surface area contributed by atoms with Gasteiger partial charge in [0.1, 0.15) is 17.3 Å². The molecule has 0 aliphatic heterocycles. The molecule has 22 heavy (non-hydrogen) atoms. The highest BCUT2D eigenvalue weighted by Gasteiger charge is 2.16. The first-order valence-electron chi connectivity index (χ1n) is 6.93. The van der Waals surface area contributed by atoms with Gasteiger partial charge in [0.05, 0.1) is 19.5 Å². The fourth-order valence-electron chi connectivity index (χ4n) is 1.76. The SMILES string of the molecule is COc1cccc(Nc2cnc(C(=O)NC(C)(C)C)cn2)c1. The first-order valence-corrected chi connectivity index (χ1v) is 6.93. The molecule has 1 amide bonds. The number of methoxy groups -OCH3 is 1. The lowest BCUT2D eigenvalue weighted by Gasteiger charge is -2.19.